The van der Waals surface area contributed by atoms with Gasteiger partial charge in [-0.05, 0) is 38.2 Å². The standard InChI is InChI=1S/C41H79O11P/c1-3-5-7-9-11-13-15-16-17-19-21-23-25-30-38(44)36(28-24-22-20-18-14-12-10-8-6-4-2)29-26-27-31-41(47)50-34-37(32-42)52-53(48,49)51-35-40(46)39(45)33-43/h25,30,36-37,39-40,42-43,45-46H,3-24,26-29,31-35H2,1-2H3,(H,48,49)/t36?,37-,39+,40+/m0/s1. The molecular weight excluding hydrogens is 699 g/mol. The highest BCUT2D eigenvalue weighted by molar-refractivity contribution is 7.47. The Morgan fingerprint density at radius 3 is 1.58 bits per heavy atom. The molecule has 5 atom stereocenters. The lowest BCUT2D eigenvalue weighted by Gasteiger charge is -2.21. The van der Waals surface area contributed by atoms with Crippen LogP contribution in [0.4, 0.5) is 0 Å². The van der Waals surface area contributed by atoms with Gasteiger partial charge < -0.3 is 30.1 Å². The first-order valence-electron chi connectivity index (χ1n) is 21.2. The van der Waals surface area contributed by atoms with Crippen molar-refractivity contribution in [3.63, 3.8) is 0 Å². The van der Waals surface area contributed by atoms with Crippen molar-refractivity contribution in [2.24, 2.45) is 5.92 Å². The molecule has 0 saturated carbocycles. The molecular formula is C41H79O11P. The van der Waals surface area contributed by atoms with E-state index in [1.54, 1.807) is 6.08 Å². The number of carbonyl (C=O) groups is 2. The minimum absolute atomic E-state index is 0.0727. The molecule has 0 radical (unpaired) electrons. The highest BCUT2D eigenvalue weighted by Gasteiger charge is 2.29. The topological polar surface area (TPSA) is 180 Å². The molecule has 2 unspecified atom stereocenters. The number of rotatable bonds is 40. The van der Waals surface area contributed by atoms with E-state index >= 15 is 0 Å². The Bertz CT molecular complexity index is 932. The molecule has 11 nitrogen and oxygen atoms in total. The van der Waals surface area contributed by atoms with Crippen molar-refractivity contribution in [2.45, 2.75) is 206 Å². The number of phosphoric acid groups is 1. The SMILES string of the molecule is CCCCCCCCCCCCCC=CC(=O)C(CCCCCCCCCCCC)CCCCC(=O)OC[C@H](CO)OP(=O)(O)OC[C@@H](O)[C@H](O)CO. The summed E-state index contributed by atoms with van der Waals surface area (Å²) < 4.78 is 26.7. The van der Waals surface area contributed by atoms with Crippen molar-refractivity contribution in [2.75, 3.05) is 26.4 Å². The fourth-order valence-electron chi connectivity index (χ4n) is 6.23. The van der Waals surface area contributed by atoms with Crippen LogP contribution < -0.4 is 0 Å². The summed E-state index contributed by atoms with van der Waals surface area (Å²) in [4.78, 5) is 35.4. The molecule has 0 spiro atoms. The van der Waals surface area contributed by atoms with E-state index in [0.717, 1.165) is 32.1 Å². The fourth-order valence-corrected chi connectivity index (χ4v) is 7.13. The number of ether oxygens (including phenoxy) is 1. The van der Waals surface area contributed by atoms with Gasteiger partial charge >= 0.3 is 13.8 Å². The lowest BCUT2D eigenvalue weighted by molar-refractivity contribution is -0.147. The van der Waals surface area contributed by atoms with E-state index in [0.29, 0.717) is 19.3 Å². The molecule has 0 rings (SSSR count). The molecule has 0 aromatic carbocycles. The fraction of sp³-hybridized carbons (Fsp3) is 0.902. The van der Waals surface area contributed by atoms with E-state index in [2.05, 4.69) is 18.4 Å². The Balaban J connectivity index is 4.61. The van der Waals surface area contributed by atoms with E-state index in [4.69, 9.17) is 14.4 Å². The third-order valence-corrected chi connectivity index (χ3v) is 10.7. The molecule has 0 aliphatic heterocycles. The molecule has 314 valence electrons. The third kappa shape index (κ3) is 32.8. The summed E-state index contributed by atoms with van der Waals surface area (Å²) in [5, 5.41) is 37.3. The zero-order chi connectivity index (χ0) is 39.4. The minimum atomic E-state index is -4.76. The molecule has 0 aliphatic carbocycles. The molecule has 0 aliphatic rings. The van der Waals surface area contributed by atoms with Gasteiger partial charge in [-0.1, -0.05) is 155 Å². The molecule has 53 heavy (non-hydrogen) atoms. The second kappa shape index (κ2) is 36.5. The normalized spacial score (nSPS) is 15.3. The Morgan fingerprint density at radius 1 is 0.623 bits per heavy atom. The predicted octanol–water partition coefficient (Wildman–Crippen LogP) is 9.05. The van der Waals surface area contributed by atoms with Crippen molar-refractivity contribution in [1.29, 1.82) is 0 Å². The number of unbranched alkanes of at least 4 members (excludes halogenated alkanes) is 21. The van der Waals surface area contributed by atoms with Crippen LogP contribution in [0.25, 0.3) is 0 Å². The second-order valence-corrected chi connectivity index (χ2v) is 16.1. The highest BCUT2D eigenvalue weighted by Crippen LogP contribution is 2.44. The van der Waals surface area contributed by atoms with Crippen LogP contribution in [0.15, 0.2) is 12.2 Å². The van der Waals surface area contributed by atoms with Crippen LogP contribution in [-0.4, -0.2) is 81.8 Å². The summed E-state index contributed by atoms with van der Waals surface area (Å²) in [5.74, 6) is -0.466. The van der Waals surface area contributed by atoms with Crippen LogP contribution in [0.3, 0.4) is 0 Å². The average molecular weight is 779 g/mol. The summed E-state index contributed by atoms with van der Waals surface area (Å²) in [6.07, 6.45) is 29.7. The van der Waals surface area contributed by atoms with Crippen LogP contribution in [0.1, 0.15) is 187 Å². The number of hydrogen-bond donors (Lipinski definition) is 5. The van der Waals surface area contributed by atoms with Gasteiger partial charge in [0.25, 0.3) is 0 Å². The molecule has 12 heteroatoms. The zero-order valence-corrected chi connectivity index (χ0v) is 34.4. The Labute approximate surface area is 322 Å². The maximum atomic E-state index is 13.2. The number of hydrogen-bond acceptors (Lipinski definition) is 10. The largest absolute Gasteiger partial charge is 0.472 e. The second-order valence-electron chi connectivity index (χ2n) is 14.7. The smallest absolute Gasteiger partial charge is 0.463 e. The van der Waals surface area contributed by atoms with Crippen LogP contribution >= 0.6 is 7.82 Å². The first-order chi connectivity index (χ1) is 25.6. The number of allylic oxidation sites excluding steroid dienone is 2. The van der Waals surface area contributed by atoms with Gasteiger partial charge in [0.05, 0.1) is 19.8 Å². The zero-order valence-electron chi connectivity index (χ0n) is 33.5. The molecule has 0 aromatic heterocycles. The van der Waals surface area contributed by atoms with Gasteiger partial charge in [0.15, 0.2) is 5.78 Å². The lowest BCUT2D eigenvalue weighted by atomic mass is 9.90. The Morgan fingerprint density at radius 2 is 1.09 bits per heavy atom. The van der Waals surface area contributed by atoms with Crippen molar-refractivity contribution in [1.82, 2.24) is 0 Å². The quantitative estimate of drug-likeness (QED) is 0.0173. The first-order valence-corrected chi connectivity index (χ1v) is 22.7. The van der Waals surface area contributed by atoms with E-state index in [1.165, 1.54) is 116 Å². The van der Waals surface area contributed by atoms with Gasteiger partial charge in [0.1, 0.15) is 24.9 Å². The predicted molar refractivity (Wildman–Crippen MR) is 211 cm³/mol. The molecule has 0 fully saturated rings. The summed E-state index contributed by atoms with van der Waals surface area (Å²) in [7, 11) is -4.76. The Hall–Kier alpha value is -1.17. The van der Waals surface area contributed by atoms with Crippen molar-refractivity contribution in [3.05, 3.63) is 12.2 Å². The summed E-state index contributed by atoms with van der Waals surface area (Å²) in [6, 6.07) is 0. The monoisotopic (exact) mass is 779 g/mol. The van der Waals surface area contributed by atoms with Gasteiger partial charge in [-0.15, -0.1) is 0 Å². The summed E-state index contributed by atoms with van der Waals surface area (Å²) in [6.45, 7) is 1.68. The van der Waals surface area contributed by atoms with Gasteiger partial charge in [0.2, 0.25) is 0 Å². The number of aliphatic hydroxyl groups excluding tert-OH is 4. The lowest BCUT2D eigenvalue weighted by Crippen LogP contribution is -2.33. The van der Waals surface area contributed by atoms with E-state index < -0.39 is 58.5 Å². The van der Waals surface area contributed by atoms with Gasteiger partial charge in [0, 0.05) is 12.3 Å². The van der Waals surface area contributed by atoms with Crippen LogP contribution in [0.2, 0.25) is 0 Å². The number of carbonyl (C=O) groups excluding carboxylic acids is 2. The van der Waals surface area contributed by atoms with Crippen LogP contribution in [-0.2, 0) is 27.9 Å². The maximum Gasteiger partial charge on any atom is 0.472 e. The van der Waals surface area contributed by atoms with Crippen LogP contribution in [0, 0.1) is 5.92 Å². The minimum Gasteiger partial charge on any atom is -0.463 e. The van der Waals surface area contributed by atoms with E-state index in [1.807, 2.05) is 6.08 Å². The molecule has 0 bridgehead atoms. The van der Waals surface area contributed by atoms with Gasteiger partial charge in [-0.2, -0.15) is 0 Å². The number of phosphoric ester groups is 1. The Kier molecular flexibility index (Phi) is 35.7. The van der Waals surface area contributed by atoms with E-state index in [9.17, 15) is 34.4 Å². The number of aliphatic hydroxyl groups is 4. The van der Waals surface area contributed by atoms with Crippen molar-refractivity contribution < 1.29 is 53.3 Å². The number of esters is 1. The average Bonchev–Trinajstić information content (AvgIpc) is 3.15. The van der Waals surface area contributed by atoms with E-state index in [-0.39, 0.29) is 18.1 Å². The van der Waals surface area contributed by atoms with Gasteiger partial charge in [-0.3, -0.25) is 18.6 Å². The third-order valence-electron chi connectivity index (χ3n) is 9.70. The summed E-state index contributed by atoms with van der Waals surface area (Å²) in [5.41, 5.74) is 0. The molecule has 0 heterocycles. The summed E-state index contributed by atoms with van der Waals surface area (Å²) >= 11 is 0. The highest BCUT2D eigenvalue weighted by atomic mass is 31.2. The first kappa shape index (κ1) is 51.8. The molecule has 0 aromatic rings. The van der Waals surface area contributed by atoms with Crippen LogP contribution in [0.5, 0.6) is 0 Å². The van der Waals surface area contributed by atoms with Crippen molar-refractivity contribution in [3.8, 4) is 0 Å². The number of ketones is 1. The van der Waals surface area contributed by atoms with Crippen molar-refractivity contribution >= 4 is 19.6 Å². The molecule has 0 saturated heterocycles. The molecule has 0 amide bonds. The molecule has 5 N–H and O–H groups in total. The maximum absolute atomic E-state index is 13.2. The van der Waals surface area contributed by atoms with Gasteiger partial charge in [-0.25, -0.2) is 4.57 Å².